The van der Waals surface area contributed by atoms with Gasteiger partial charge >= 0.3 is 0 Å². The highest BCUT2D eigenvalue weighted by molar-refractivity contribution is 5.28. The van der Waals surface area contributed by atoms with E-state index in [-0.39, 0.29) is 11.2 Å². The van der Waals surface area contributed by atoms with Crippen molar-refractivity contribution in [1.82, 2.24) is 0 Å². The minimum Gasteiger partial charge on any atom is -0.330 e. The molecule has 1 aromatic carbocycles. The number of hydrogen-bond acceptors (Lipinski definition) is 1. The summed E-state index contributed by atoms with van der Waals surface area (Å²) >= 11 is 0. The second-order valence-corrected chi connectivity index (χ2v) is 6.13. The van der Waals surface area contributed by atoms with Crippen LogP contribution in [0, 0.1) is 24.1 Å². The Balaban J connectivity index is 2.17. The lowest BCUT2D eigenvalue weighted by Gasteiger charge is -2.39. The Labute approximate surface area is 110 Å². The highest BCUT2D eigenvalue weighted by atomic mass is 19.1. The minimum atomic E-state index is -0.132. The van der Waals surface area contributed by atoms with E-state index in [1.807, 2.05) is 6.07 Å². The van der Waals surface area contributed by atoms with E-state index in [0.717, 1.165) is 24.4 Å². The van der Waals surface area contributed by atoms with Gasteiger partial charge in [0.05, 0.1) is 0 Å². The predicted octanol–water partition coefficient (Wildman–Crippen LogP) is 3.83. The van der Waals surface area contributed by atoms with Crippen molar-refractivity contribution in [2.75, 3.05) is 6.54 Å². The van der Waals surface area contributed by atoms with Crippen LogP contribution in [0.4, 0.5) is 4.39 Å². The lowest BCUT2D eigenvalue weighted by Crippen LogP contribution is -2.36. The smallest absolute Gasteiger partial charge is 0.123 e. The van der Waals surface area contributed by atoms with Gasteiger partial charge in [-0.25, -0.2) is 4.39 Å². The van der Waals surface area contributed by atoms with Gasteiger partial charge in [0.25, 0.3) is 0 Å². The summed E-state index contributed by atoms with van der Waals surface area (Å²) in [5, 5.41) is 0. The maximum atomic E-state index is 13.4. The first kappa shape index (κ1) is 13.5. The third-order valence-corrected chi connectivity index (χ3v) is 4.64. The molecule has 2 N–H and O–H groups in total. The average Bonchev–Trinajstić information content (AvgIpc) is 2.37. The van der Waals surface area contributed by atoms with Crippen LogP contribution in [0.2, 0.25) is 0 Å². The van der Waals surface area contributed by atoms with Crippen LogP contribution in [-0.2, 0) is 6.42 Å². The number of nitrogens with two attached hydrogens (primary N) is 1. The van der Waals surface area contributed by atoms with Crippen molar-refractivity contribution in [3.05, 3.63) is 35.1 Å². The summed E-state index contributed by atoms with van der Waals surface area (Å²) in [6, 6.07) is 5.10. The molecule has 0 aromatic heterocycles. The van der Waals surface area contributed by atoms with Crippen molar-refractivity contribution in [2.45, 2.75) is 46.0 Å². The number of halogens is 1. The number of benzene rings is 1. The van der Waals surface area contributed by atoms with Gasteiger partial charge in [-0.3, -0.25) is 0 Å². The summed E-state index contributed by atoms with van der Waals surface area (Å²) in [4.78, 5) is 0. The third kappa shape index (κ3) is 2.92. The fraction of sp³-hybridized carbons (Fsp3) is 0.625. The first-order valence-electron chi connectivity index (χ1n) is 7.00. The van der Waals surface area contributed by atoms with Crippen LogP contribution in [0.1, 0.15) is 43.7 Å². The van der Waals surface area contributed by atoms with E-state index < -0.39 is 0 Å². The molecule has 0 heterocycles. The van der Waals surface area contributed by atoms with Gasteiger partial charge in [-0.05, 0) is 67.3 Å². The van der Waals surface area contributed by atoms with E-state index in [1.165, 1.54) is 37.3 Å². The predicted molar refractivity (Wildman–Crippen MR) is 74.0 cm³/mol. The van der Waals surface area contributed by atoms with Crippen LogP contribution in [0.5, 0.6) is 0 Å². The summed E-state index contributed by atoms with van der Waals surface area (Å²) < 4.78 is 13.4. The highest BCUT2D eigenvalue weighted by Crippen LogP contribution is 2.41. The molecule has 18 heavy (non-hydrogen) atoms. The van der Waals surface area contributed by atoms with E-state index in [4.69, 9.17) is 5.73 Å². The second-order valence-electron chi connectivity index (χ2n) is 6.13. The molecule has 0 atom stereocenters. The maximum absolute atomic E-state index is 13.4. The summed E-state index contributed by atoms with van der Waals surface area (Å²) in [6.07, 6.45) is 5.80. The summed E-state index contributed by atoms with van der Waals surface area (Å²) in [7, 11) is 0. The Morgan fingerprint density at radius 3 is 2.61 bits per heavy atom. The standard InChI is InChI=1S/C16H24FN/c1-12-5-7-16(11-18,8-6-12)10-14-9-15(17)4-3-13(14)2/h3-4,9,12H,5-8,10-11,18H2,1-2H3. The minimum absolute atomic E-state index is 0.132. The Morgan fingerprint density at radius 1 is 1.33 bits per heavy atom. The van der Waals surface area contributed by atoms with Crippen molar-refractivity contribution in [3.63, 3.8) is 0 Å². The third-order valence-electron chi connectivity index (χ3n) is 4.64. The fourth-order valence-corrected chi connectivity index (χ4v) is 3.06. The van der Waals surface area contributed by atoms with Gasteiger partial charge in [-0.1, -0.05) is 25.8 Å². The molecule has 1 aliphatic rings. The number of aryl methyl sites for hydroxylation is 1. The van der Waals surface area contributed by atoms with Crippen molar-refractivity contribution in [1.29, 1.82) is 0 Å². The first-order valence-corrected chi connectivity index (χ1v) is 7.00. The zero-order valence-corrected chi connectivity index (χ0v) is 11.5. The Morgan fingerprint density at radius 2 is 2.00 bits per heavy atom. The van der Waals surface area contributed by atoms with Crippen molar-refractivity contribution < 1.29 is 4.39 Å². The zero-order valence-electron chi connectivity index (χ0n) is 11.5. The van der Waals surface area contributed by atoms with Gasteiger partial charge in [0.2, 0.25) is 0 Å². The SMILES string of the molecule is Cc1ccc(F)cc1CC1(CN)CCC(C)CC1. The quantitative estimate of drug-likeness (QED) is 0.865. The Bertz CT molecular complexity index is 406. The Kier molecular flexibility index (Phi) is 4.06. The van der Waals surface area contributed by atoms with Gasteiger partial charge in [0, 0.05) is 0 Å². The van der Waals surface area contributed by atoms with Gasteiger partial charge in [0.15, 0.2) is 0 Å². The topological polar surface area (TPSA) is 26.0 Å². The van der Waals surface area contributed by atoms with Crippen molar-refractivity contribution >= 4 is 0 Å². The largest absolute Gasteiger partial charge is 0.330 e. The molecule has 2 heteroatoms. The molecule has 2 rings (SSSR count). The van der Waals surface area contributed by atoms with E-state index in [1.54, 1.807) is 6.07 Å². The van der Waals surface area contributed by atoms with Gasteiger partial charge in [0.1, 0.15) is 5.82 Å². The molecular weight excluding hydrogens is 225 g/mol. The highest BCUT2D eigenvalue weighted by Gasteiger charge is 2.33. The molecule has 0 aliphatic heterocycles. The molecule has 0 unspecified atom stereocenters. The molecule has 0 spiro atoms. The molecule has 1 aromatic rings. The fourth-order valence-electron chi connectivity index (χ4n) is 3.06. The molecule has 1 aliphatic carbocycles. The molecule has 1 saturated carbocycles. The normalized spacial score (nSPS) is 28.3. The zero-order chi connectivity index (χ0) is 13.2. The summed E-state index contributed by atoms with van der Waals surface area (Å²) in [5.74, 6) is 0.685. The van der Waals surface area contributed by atoms with Crippen LogP contribution >= 0.6 is 0 Å². The molecule has 0 radical (unpaired) electrons. The van der Waals surface area contributed by atoms with Gasteiger partial charge in [-0.2, -0.15) is 0 Å². The molecule has 1 nitrogen and oxygen atoms in total. The average molecular weight is 249 g/mol. The maximum Gasteiger partial charge on any atom is 0.123 e. The number of hydrogen-bond donors (Lipinski definition) is 1. The molecule has 100 valence electrons. The van der Waals surface area contributed by atoms with E-state index in [2.05, 4.69) is 13.8 Å². The van der Waals surface area contributed by atoms with Gasteiger partial charge in [-0.15, -0.1) is 0 Å². The molecular formula is C16H24FN. The van der Waals surface area contributed by atoms with E-state index >= 15 is 0 Å². The lowest BCUT2D eigenvalue weighted by atomic mass is 9.67. The number of rotatable bonds is 3. The van der Waals surface area contributed by atoms with Crippen molar-refractivity contribution in [2.24, 2.45) is 17.1 Å². The van der Waals surface area contributed by atoms with E-state index in [0.29, 0.717) is 0 Å². The van der Waals surface area contributed by atoms with Crippen LogP contribution < -0.4 is 5.73 Å². The van der Waals surface area contributed by atoms with E-state index in [9.17, 15) is 4.39 Å². The summed E-state index contributed by atoms with van der Waals surface area (Å²) in [5.41, 5.74) is 8.54. The van der Waals surface area contributed by atoms with Gasteiger partial charge < -0.3 is 5.73 Å². The first-order chi connectivity index (χ1) is 8.54. The van der Waals surface area contributed by atoms with Crippen LogP contribution in [0.15, 0.2) is 18.2 Å². The lowest BCUT2D eigenvalue weighted by molar-refractivity contribution is 0.163. The molecule has 0 bridgehead atoms. The summed E-state index contributed by atoms with van der Waals surface area (Å²) in [6.45, 7) is 5.09. The monoisotopic (exact) mass is 249 g/mol. The molecule has 0 saturated heterocycles. The van der Waals surface area contributed by atoms with Crippen LogP contribution in [-0.4, -0.2) is 6.54 Å². The Hall–Kier alpha value is -0.890. The molecule has 1 fully saturated rings. The van der Waals surface area contributed by atoms with Crippen LogP contribution in [0.25, 0.3) is 0 Å². The second kappa shape index (κ2) is 5.40. The molecule has 0 amide bonds. The van der Waals surface area contributed by atoms with Crippen molar-refractivity contribution in [3.8, 4) is 0 Å². The van der Waals surface area contributed by atoms with Crippen LogP contribution in [0.3, 0.4) is 0 Å².